The number of rotatable bonds is 37. The Morgan fingerprint density at radius 3 is 1.41 bits per heavy atom. The smallest absolute Gasteiger partial charge is 0.316 e. The number of amides is 7. The second-order valence-electron chi connectivity index (χ2n) is 34.4. The first-order chi connectivity index (χ1) is 69.0. The molecule has 9 aromatic carbocycles. The van der Waals surface area contributed by atoms with Crippen LogP contribution < -0.4 is 132 Å². The number of benzene rings is 9. The van der Waals surface area contributed by atoms with Crippen molar-refractivity contribution in [1.82, 2.24) is 14.5 Å². The topological polar surface area (TPSA) is 753 Å². The average Bonchev–Trinajstić information content (AvgIpc) is 1.70. The highest BCUT2D eigenvalue weighted by Gasteiger charge is 2.28. The summed E-state index contributed by atoms with van der Waals surface area (Å²) in [4.78, 5) is 111. The first kappa shape index (κ1) is 117. The number of nitrogens with two attached hydrogens (primary N) is 16. The van der Waals surface area contributed by atoms with E-state index in [1.807, 2.05) is 97.3 Å². The zero-order chi connectivity index (χ0) is 107. The number of ether oxygens (including phenoxy) is 2. The summed E-state index contributed by atoms with van der Waals surface area (Å²) < 4.78 is 11.9. The van der Waals surface area contributed by atoms with Crippen LogP contribution in [0.15, 0.2) is 195 Å². The fourth-order valence-electron chi connectivity index (χ4n) is 15.6. The van der Waals surface area contributed by atoms with Crippen LogP contribution in [0.5, 0.6) is 0 Å². The molecule has 13 rings (SSSR count). The molecule has 0 aliphatic carbocycles. The molecule has 0 spiro atoms. The van der Waals surface area contributed by atoms with Gasteiger partial charge in [-0.15, -0.1) is 0 Å². The van der Waals surface area contributed by atoms with Gasteiger partial charge in [-0.3, -0.25) is 38.5 Å². The second-order valence-corrected chi connectivity index (χ2v) is 34.4. The summed E-state index contributed by atoms with van der Waals surface area (Å²) >= 11 is 0. The van der Waals surface area contributed by atoms with E-state index in [0.717, 1.165) is 108 Å². The molecular formula is C102H142N29O14+. The van der Waals surface area contributed by atoms with Gasteiger partial charge in [0, 0.05) is 222 Å². The number of nitrogens with one attached hydrogen (secondary N) is 2. The van der Waals surface area contributed by atoms with E-state index < -0.39 is 47.5 Å². The number of aryl methyl sites for hydroxylation is 1. The van der Waals surface area contributed by atoms with Crippen LogP contribution in [0.25, 0.3) is 10.9 Å². The van der Waals surface area contributed by atoms with Gasteiger partial charge in [0.05, 0.1) is 113 Å². The van der Waals surface area contributed by atoms with Crippen LogP contribution >= 0.6 is 0 Å². The van der Waals surface area contributed by atoms with E-state index in [-0.39, 0.29) is 60.2 Å². The van der Waals surface area contributed by atoms with Crippen molar-refractivity contribution in [3.05, 3.63) is 244 Å². The van der Waals surface area contributed by atoms with Gasteiger partial charge in [-0.1, -0.05) is 39.0 Å². The fraction of sp³-hybridized carbons (Fsp3) is 0.333. The minimum Gasteiger partial charge on any atom is -0.398 e. The molecule has 38 N–H and O–H groups in total. The molecule has 0 radical (unpaired) electrons. The minimum atomic E-state index is -0.602. The van der Waals surface area contributed by atoms with Gasteiger partial charge in [0.15, 0.2) is 4.87 Å². The molecule has 43 nitrogen and oxygen atoms in total. The number of carbonyl (C=O) groups is 7. The molecule has 4 unspecified atom stereocenters. The Bertz CT molecular complexity index is 6090. The lowest BCUT2D eigenvalue weighted by Gasteiger charge is -2.27. The highest BCUT2D eigenvalue weighted by Crippen LogP contribution is 2.34. The summed E-state index contributed by atoms with van der Waals surface area (Å²) in [6, 6.07) is 54.0. The van der Waals surface area contributed by atoms with Crippen molar-refractivity contribution < 1.29 is 68.3 Å². The monoisotopic (exact) mass is 2000 g/mol. The van der Waals surface area contributed by atoms with E-state index in [2.05, 4.69) is 62.1 Å². The van der Waals surface area contributed by atoms with Crippen LogP contribution in [-0.2, 0) is 22.9 Å². The molecule has 0 saturated carbocycles. The molecule has 4 atom stereocenters. The van der Waals surface area contributed by atoms with Crippen molar-refractivity contribution in [3.8, 4) is 6.07 Å². The minimum absolute atomic E-state index is 0.0454. The molecule has 2 fully saturated rings. The van der Waals surface area contributed by atoms with E-state index in [4.69, 9.17) is 117 Å². The number of methoxy groups -OCH3 is 2. The number of hydrogen-bond acceptors (Lipinski definition) is 33. The van der Waals surface area contributed by atoms with Crippen molar-refractivity contribution >= 4 is 155 Å². The summed E-state index contributed by atoms with van der Waals surface area (Å²) in [5.74, 6) is 2.85. The van der Waals surface area contributed by atoms with Gasteiger partial charge in [0.2, 0.25) is 0 Å². The van der Waals surface area contributed by atoms with Gasteiger partial charge >= 0.3 is 5.69 Å². The van der Waals surface area contributed by atoms with Crippen molar-refractivity contribution in [3.63, 3.8) is 0 Å². The Labute approximate surface area is 844 Å². The predicted octanol–water partition coefficient (Wildman–Crippen LogP) is 7.23. The number of para-hydroxylation sites is 1. The maximum absolute atomic E-state index is 11.3. The van der Waals surface area contributed by atoms with Gasteiger partial charge in [0.25, 0.3) is 41.4 Å². The Kier molecular flexibility index (Phi) is 47.3. The molecule has 2 aliphatic rings. The van der Waals surface area contributed by atoms with E-state index in [1.165, 1.54) is 20.0 Å². The first-order valence-electron chi connectivity index (χ1n) is 46.6. The van der Waals surface area contributed by atoms with Crippen LogP contribution in [0.3, 0.4) is 0 Å². The number of nitrogens with zero attached hydrogens (tertiary/aromatic N) is 11. The van der Waals surface area contributed by atoms with Crippen LogP contribution in [0.2, 0.25) is 0 Å². The van der Waals surface area contributed by atoms with Gasteiger partial charge in [-0.05, 0) is 197 Å². The molecule has 145 heavy (non-hydrogen) atoms. The predicted molar refractivity (Wildman–Crippen MR) is 577 cm³/mol. The van der Waals surface area contributed by atoms with Gasteiger partial charge in [0.1, 0.15) is 11.5 Å². The second kappa shape index (κ2) is 58.5. The number of aliphatic hydroxyl groups excluding tert-OH is 4. The molecule has 778 valence electrons. The molecule has 0 bridgehead atoms. The maximum atomic E-state index is 11.3. The molecular weight excluding hydrogens is 1860 g/mol. The van der Waals surface area contributed by atoms with Crippen molar-refractivity contribution in [2.24, 2.45) is 58.9 Å². The maximum Gasteiger partial charge on any atom is 0.316 e. The van der Waals surface area contributed by atoms with Crippen molar-refractivity contribution in [1.29, 1.82) is 5.26 Å². The standard InChI is InChI=1S/C16H14N4O.C14H20N4O.C13H19N3O.C12H17N6O.C12H19N3O3.C12H17N3O2.C12H19N3O2.C11H17N3O3/c17-13-7-6-11(9-12(13)16(18)21)20-14-5-1-3-10-4-2-8-19-15(10)14;1-10(2)9-18(7-3-6-15)11-4-5-13(16)12(8-11)14(17)19;1-2-9-4-3-7-16(9)10-5-6-12(14)11(8-10)13(15)17;1-17-7-6-16-12(17)4-5-15-9-2-3-10(13)11(8-9)18(14)19;1-15(6-9(16)7-18-2)8-3-4-11(13)10(5-8)12(14)17;13-11-4-3-8(6-10(11)12(14)17)15-5-1-2-9(15)7-16;1-8(7-17-3)15(2)9-4-5-11(13)10(6-9)12(14)16;12-10-2-1-8(7-9(10)11(13)17)14(3-5-15)4-6-16/h1-9,20H,17H2,(H2,18,21);4-5,8,10H,3,7,9,16H2,1-2H3,(H2,17,19);5-6,8-9H,2-4,7,14H2,1H3,(H2,15,17);2-3,6-8,15H,4-5,13H2,1H3,(H2,14,19);3-5,9,16H,6-7,13H2,1-2H3,(H2,14,17);3-4,6,9,16H,1-2,5,7,13H2,(H2,14,17);4-6,8H,7,13H2,1-3H3,(H2,14,16);1-2,7,15-16H,3-6,12H2,(H2,13,17)/q;;;+1;;;;. The number of nitriles is 1. The van der Waals surface area contributed by atoms with E-state index in [0.29, 0.717) is 137 Å². The van der Waals surface area contributed by atoms with Crippen molar-refractivity contribution in [2.75, 3.05) is 200 Å². The largest absolute Gasteiger partial charge is 0.398 e. The Balaban J connectivity index is 0.000000254. The zero-order valence-electron chi connectivity index (χ0n) is 83.5. The van der Waals surface area contributed by atoms with E-state index in [1.54, 1.807) is 152 Å². The number of likely N-dealkylation sites (N-methyl/N-ethyl adjacent to an activating group) is 2. The normalized spacial score (nSPS) is 12.9. The summed E-state index contributed by atoms with van der Waals surface area (Å²) in [6.07, 6.45) is 11.6. The lowest BCUT2D eigenvalue weighted by molar-refractivity contribution is -0.473. The van der Waals surface area contributed by atoms with E-state index in [9.17, 15) is 48.7 Å². The van der Waals surface area contributed by atoms with Crippen LogP contribution in [0.1, 0.15) is 145 Å². The van der Waals surface area contributed by atoms with Gasteiger partial charge in [-0.2, -0.15) is 11.1 Å². The number of nitrogen functional groups attached to an aromatic ring is 8. The number of fused-ring (bicyclic) bond motifs is 1. The number of carbonyl (C=O) groups excluding carboxylic acids is 7. The van der Waals surface area contributed by atoms with Crippen LogP contribution in [-0.4, -0.2) is 219 Å². The fourth-order valence-corrected chi connectivity index (χ4v) is 15.6. The third-order valence-corrected chi connectivity index (χ3v) is 23.3. The van der Waals surface area contributed by atoms with Gasteiger partial charge < -0.3 is 161 Å². The summed E-state index contributed by atoms with van der Waals surface area (Å²) in [7, 11) is 8.86. The van der Waals surface area contributed by atoms with Crippen LogP contribution in [0.4, 0.5) is 102 Å². The number of anilines is 17. The number of nitroso groups, excluding NO2 is 1. The molecule has 4 heterocycles. The summed E-state index contributed by atoms with van der Waals surface area (Å²) in [5.41, 5.74) is 96.2. The molecule has 43 heteroatoms. The number of hydrazine groups is 1. The number of aliphatic hydroxyl groups is 4. The summed E-state index contributed by atoms with van der Waals surface area (Å²) in [5, 5.41) is 52.9. The molecule has 7 amide bonds. The Morgan fingerprint density at radius 1 is 0.517 bits per heavy atom. The van der Waals surface area contributed by atoms with Crippen molar-refractivity contribution in [2.45, 2.75) is 96.9 Å². The van der Waals surface area contributed by atoms with Gasteiger partial charge in [-0.25, -0.2) is 4.98 Å². The number of primary amides is 7. The third-order valence-electron chi connectivity index (χ3n) is 23.3. The first-order valence-corrected chi connectivity index (χ1v) is 46.6. The molecule has 2 aliphatic heterocycles. The quantitative estimate of drug-likeness (QED) is 0.00790. The van der Waals surface area contributed by atoms with E-state index >= 15 is 0 Å². The molecule has 11 aromatic rings. The SMILES string of the molecule is CC(C)CN(CCC#N)c1ccc(N)c(C(N)=O)c1.CCC1CCCN1c1ccc(N)c(C(N)=O)c1.COCC(C)N(C)c1ccc(N)c(C(N)=O)c1.COCC(O)CN(C)c1ccc(N)c(C(N)=O)c1.Cn1ccnc1CCNc1ccc(N)c([N+](N)=O)c1.NC(=O)c1cc(N(CCO)CCO)ccc1N.NC(=O)c1cc(N2CCCC2CO)ccc1N.NC(=O)c1cc(Nc2cccc3cccnc23)ccc1N. The number of hydrogen-bond donors (Lipinski definition) is 22. The lowest BCUT2D eigenvalue weighted by atomic mass is 10.1. The Hall–Kier alpha value is -16.7. The number of pyridine rings is 1. The highest BCUT2D eigenvalue weighted by atomic mass is 16.5. The Morgan fingerprint density at radius 2 is 0.952 bits per heavy atom. The number of aromatic nitrogens is 3. The molecule has 2 saturated heterocycles. The number of imidazole rings is 1. The third kappa shape index (κ3) is 35.8. The highest BCUT2D eigenvalue weighted by molar-refractivity contribution is 6.04. The lowest BCUT2D eigenvalue weighted by Crippen LogP contribution is -2.32. The average molecular weight is 2000 g/mol. The zero-order valence-corrected chi connectivity index (χ0v) is 83.5. The summed E-state index contributed by atoms with van der Waals surface area (Å²) in [6.45, 7) is 14.5. The molecule has 2 aromatic heterocycles. The van der Waals surface area contributed by atoms with Crippen LogP contribution in [0, 0.1) is 22.2 Å².